The first-order chi connectivity index (χ1) is 13.1. The van der Waals surface area contributed by atoms with E-state index in [2.05, 4.69) is 65.8 Å². The molecule has 6 atom stereocenters. The van der Waals surface area contributed by atoms with Crippen LogP contribution in [0.25, 0.3) is 0 Å². The molecule has 0 unspecified atom stereocenters. The minimum absolute atomic E-state index is 0.302. The van der Waals surface area contributed by atoms with Crippen LogP contribution in [0.3, 0.4) is 0 Å². The molecule has 0 amide bonds. The highest BCUT2D eigenvalue weighted by Gasteiger charge is 2.63. The minimum Gasteiger partial charge on any atom is -0.490 e. The van der Waals surface area contributed by atoms with Crippen molar-refractivity contribution in [1.29, 1.82) is 0 Å². The molecule has 5 rings (SSSR count). The lowest BCUT2D eigenvalue weighted by Gasteiger charge is -2.39. The van der Waals surface area contributed by atoms with Gasteiger partial charge in [-0.1, -0.05) is 41.5 Å². The topological polar surface area (TPSA) is 18.5 Å². The Morgan fingerprint density at radius 3 is 1.25 bits per heavy atom. The molecule has 0 saturated heterocycles. The number of hydrogen-bond acceptors (Lipinski definition) is 2. The first-order valence-corrected chi connectivity index (χ1v) is 11.5. The van der Waals surface area contributed by atoms with Gasteiger partial charge in [0.25, 0.3) is 0 Å². The van der Waals surface area contributed by atoms with Crippen LogP contribution in [0.15, 0.2) is 24.3 Å². The van der Waals surface area contributed by atoms with E-state index in [9.17, 15) is 0 Å². The predicted molar refractivity (Wildman–Crippen MR) is 114 cm³/mol. The Morgan fingerprint density at radius 1 is 0.643 bits per heavy atom. The Hall–Kier alpha value is -1.18. The summed E-state index contributed by atoms with van der Waals surface area (Å²) < 4.78 is 13.0. The molecule has 0 radical (unpaired) electrons. The molecule has 1 aromatic carbocycles. The SMILES string of the molecule is CC1(C)[C@H]2CC[C@]1(C)[C@@H](Oc1ccc(O[C@@H]3C[C@@H]4CC[C@@]3(C)C4(C)C)cc1)C2. The quantitative estimate of drug-likeness (QED) is 0.565. The third-order valence-corrected chi connectivity index (χ3v) is 10.8. The van der Waals surface area contributed by atoms with Crippen molar-refractivity contribution in [2.24, 2.45) is 33.5 Å². The summed E-state index contributed by atoms with van der Waals surface area (Å²) in [5, 5.41) is 0. The maximum atomic E-state index is 6.52. The Morgan fingerprint density at radius 2 is 1.00 bits per heavy atom. The lowest BCUT2D eigenvalue weighted by Crippen LogP contribution is -2.39. The van der Waals surface area contributed by atoms with Crippen LogP contribution in [0.2, 0.25) is 0 Å². The van der Waals surface area contributed by atoms with Crippen LogP contribution in [-0.2, 0) is 0 Å². The fraction of sp³-hybridized carbons (Fsp3) is 0.769. The monoisotopic (exact) mass is 382 g/mol. The van der Waals surface area contributed by atoms with Gasteiger partial charge in [0.1, 0.15) is 23.7 Å². The molecule has 2 heteroatoms. The maximum absolute atomic E-state index is 6.52. The van der Waals surface area contributed by atoms with E-state index in [1.54, 1.807) is 0 Å². The second-order valence-corrected chi connectivity index (χ2v) is 11.9. The van der Waals surface area contributed by atoms with Gasteiger partial charge in [0, 0.05) is 10.8 Å². The summed E-state index contributed by atoms with van der Waals surface area (Å²) in [4.78, 5) is 0. The maximum Gasteiger partial charge on any atom is 0.120 e. The van der Waals surface area contributed by atoms with E-state index in [0.717, 1.165) is 23.3 Å². The third-order valence-electron chi connectivity index (χ3n) is 10.8. The summed E-state index contributed by atoms with van der Waals surface area (Å²) in [5.41, 5.74) is 1.39. The van der Waals surface area contributed by atoms with Crippen LogP contribution in [-0.4, -0.2) is 12.2 Å². The molecular formula is C26H38O2. The van der Waals surface area contributed by atoms with Crippen molar-refractivity contribution in [2.75, 3.05) is 0 Å². The molecule has 4 fully saturated rings. The van der Waals surface area contributed by atoms with Gasteiger partial charge in [0.05, 0.1) is 0 Å². The largest absolute Gasteiger partial charge is 0.490 e. The minimum atomic E-state index is 0.302. The van der Waals surface area contributed by atoms with E-state index < -0.39 is 0 Å². The standard InChI is InChI=1S/C26H38O2/c1-23(2)17-11-13-25(23,5)21(15-17)27-19-7-9-20(10-8-19)28-22-16-18-12-14-26(22,6)24(18,3)4/h7-10,17-18,21-22H,11-16H2,1-6H3/t17-,18-,21-,22+,25+,26+/m0/s1. The summed E-state index contributed by atoms with van der Waals surface area (Å²) in [5.74, 6) is 3.63. The zero-order valence-electron chi connectivity index (χ0n) is 18.7. The van der Waals surface area contributed by atoms with E-state index in [0.29, 0.717) is 33.9 Å². The van der Waals surface area contributed by atoms with Crippen LogP contribution >= 0.6 is 0 Å². The number of ether oxygens (including phenoxy) is 2. The van der Waals surface area contributed by atoms with Gasteiger partial charge in [-0.3, -0.25) is 0 Å². The molecule has 154 valence electrons. The van der Waals surface area contributed by atoms with Crippen molar-refractivity contribution in [2.45, 2.75) is 92.3 Å². The van der Waals surface area contributed by atoms with Gasteiger partial charge < -0.3 is 9.47 Å². The third kappa shape index (κ3) is 2.27. The summed E-state index contributed by atoms with van der Waals surface area (Å²) in [6, 6.07) is 8.49. The van der Waals surface area contributed by atoms with Gasteiger partial charge in [0.2, 0.25) is 0 Å². The predicted octanol–water partition coefficient (Wildman–Crippen LogP) is 6.87. The average molecular weight is 383 g/mol. The van der Waals surface area contributed by atoms with Crippen molar-refractivity contribution in [3.8, 4) is 11.5 Å². The van der Waals surface area contributed by atoms with Gasteiger partial charge >= 0.3 is 0 Å². The van der Waals surface area contributed by atoms with Gasteiger partial charge in [-0.2, -0.15) is 0 Å². The molecule has 2 nitrogen and oxygen atoms in total. The Kier molecular flexibility index (Phi) is 3.83. The first kappa shape index (κ1) is 18.8. The number of benzene rings is 1. The van der Waals surface area contributed by atoms with Crippen LogP contribution in [0.4, 0.5) is 0 Å². The number of hydrogen-bond donors (Lipinski definition) is 0. The highest BCUT2D eigenvalue weighted by atomic mass is 16.5. The van der Waals surface area contributed by atoms with E-state index >= 15 is 0 Å². The lowest BCUT2D eigenvalue weighted by molar-refractivity contribution is 0.0278. The average Bonchev–Trinajstić information content (AvgIpc) is 3.15. The summed E-state index contributed by atoms with van der Waals surface area (Å²) in [6.07, 6.45) is 8.44. The molecule has 4 bridgehead atoms. The van der Waals surface area contributed by atoms with Crippen LogP contribution in [0.1, 0.15) is 80.1 Å². The molecular weight excluding hydrogens is 344 g/mol. The lowest BCUT2D eigenvalue weighted by atomic mass is 9.70. The normalized spacial score (nSPS) is 44.8. The van der Waals surface area contributed by atoms with Gasteiger partial charge in [-0.25, -0.2) is 0 Å². The van der Waals surface area contributed by atoms with Crippen molar-refractivity contribution in [1.82, 2.24) is 0 Å². The molecule has 0 aromatic heterocycles. The number of rotatable bonds is 4. The zero-order chi connectivity index (χ0) is 19.9. The van der Waals surface area contributed by atoms with E-state index in [1.807, 2.05) is 0 Å². The fourth-order valence-electron chi connectivity index (χ4n) is 7.54. The first-order valence-electron chi connectivity index (χ1n) is 11.5. The summed E-state index contributed by atoms with van der Waals surface area (Å²) in [7, 11) is 0. The van der Waals surface area contributed by atoms with E-state index in [1.165, 1.54) is 38.5 Å². The zero-order valence-corrected chi connectivity index (χ0v) is 18.7. The molecule has 0 aliphatic heterocycles. The van der Waals surface area contributed by atoms with Gasteiger partial charge in [0.15, 0.2) is 0 Å². The van der Waals surface area contributed by atoms with E-state index in [4.69, 9.17) is 9.47 Å². The molecule has 4 aliphatic rings. The van der Waals surface area contributed by atoms with Crippen LogP contribution in [0, 0.1) is 33.5 Å². The molecule has 0 N–H and O–H groups in total. The van der Waals surface area contributed by atoms with Gasteiger partial charge in [-0.05, 0) is 85.5 Å². The molecule has 4 saturated carbocycles. The van der Waals surface area contributed by atoms with Crippen LogP contribution in [0.5, 0.6) is 11.5 Å². The smallest absolute Gasteiger partial charge is 0.120 e. The Bertz CT molecular complexity index is 698. The molecule has 0 spiro atoms. The highest BCUT2D eigenvalue weighted by Crippen LogP contribution is 2.67. The van der Waals surface area contributed by atoms with E-state index in [-0.39, 0.29) is 0 Å². The summed E-state index contributed by atoms with van der Waals surface area (Å²) >= 11 is 0. The highest BCUT2D eigenvalue weighted by molar-refractivity contribution is 5.32. The Balaban J connectivity index is 1.27. The Labute approximate surface area is 171 Å². The molecule has 28 heavy (non-hydrogen) atoms. The van der Waals surface area contributed by atoms with Crippen molar-refractivity contribution in [3.05, 3.63) is 24.3 Å². The van der Waals surface area contributed by atoms with Crippen molar-refractivity contribution in [3.63, 3.8) is 0 Å². The van der Waals surface area contributed by atoms with Crippen LogP contribution < -0.4 is 9.47 Å². The molecule has 0 heterocycles. The van der Waals surface area contributed by atoms with Crippen molar-refractivity contribution < 1.29 is 9.47 Å². The fourth-order valence-corrected chi connectivity index (χ4v) is 7.54. The molecule has 4 aliphatic carbocycles. The van der Waals surface area contributed by atoms with Gasteiger partial charge in [-0.15, -0.1) is 0 Å². The molecule has 1 aromatic rings. The summed E-state index contributed by atoms with van der Waals surface area (Å²) in [6.45, 7) is 14.7. The second kappa shape index (κ2) is 5.70. The second-order valence-electron chi connectivity index (χ2n) is 11.9. The van der Waals surface area contributed by atoms with Crippen molar-refractivity contribution >= 4 is 0 Å². The number of fused-ring (bicyclic) bond motifs is 4.